The number of piperazine rings is 1. The molecule has 0 aliphatic carbocycles. The Labute approximate surface area is 95.5 Å². The van der Waals surface area contributed by atoms with Crippen molar-refractivity contribution in [3.8, 4) is 0 Å². The average Bonchev–Trinajstić information content (AvgIpc) is 2.66. The second-order valence-electron chi connectivity index (χ2n) is 3.95. The molecule has 0 bridgehead atoms. The molecule has 15 heavy (non-hydrogen) atoms. The van der Waals surface area contributed by atoms with Gasteiger partial charge in [0.2, 0.25) is 0 Å². The van der Waals surface area contributed by atoms with Crippen LogP contribution < -0.4 is 10.6 Å². The molecule has 0 unspecified atom stereocenters. The third-order valence-corrected chi connectivity index (χ3v) is 3.76. The van der Waals surface area contributed by atoms with Gasteiger partial charge >= 0.3 is 0 Å². The summed E-state index contributed by atoms with van der Waals surface area (Å²) in [6, 6.07) is 2.16. The molecule has 0 aromatic carbocycles. The molecule has 2 heterocycles. The van der Waals surface area contributed by atoms with Gasteiger partial charge in [0.25, 0.3) is 0 Å². The Balaban J connectivity index is 1.68. The summed E-state index contributed by atoms with van der Waals surface area (Å²) in [6.07, 6.45) is 0. The molecule has 1 aromatic heterocycles. The van der Waals surface area contributed by atoms with Crippen LogP contribution in [0.2, 0.25) is 0 Å². The molecule has 1 aromatic rings. The van der Waals surface area contributed by atoms with Crippen LogP contribution in [-0.2, 0) is 0 Å². The van der Waals surface area contributed by atoms with Crippen molar-refractivity contribution < 1.29 is 0 Å². The zero-order valence-electron chi connectivity index (χ0n) is 9.25. The number of aryl methyl sites for hydroxylation is 1. The summed E-state index contributed by atoms with van der Waals surface area (Å²) in [5, 5.41) is 10.3. The first-order chi connectivity index (χ1) is 7.36. The lowest BCUT2D eigenvalue weighted by Crippen LogP contribution is -2.45. The Hall–Kier alpha value is -0.580. The van der Waals surface area contributed by atoms with Crippen LogP contribution in [0.3, 0.4) is 0 Å². The van der Waals surface area contributed by atoms with E-state index in [9.17, 15) is 0 Å². The first kappa shape index (κ1) is 10.9. The summed E-state index contributed by atoms with van der Waals surface area (Å²) in [4.78, 5) is 2.51. The largest absolute Gasteiger partial charge is 0.375 e. The molecular formula is C11H19N3S. The van der Waals surface area contributed by atoms with Crippen molar-refractivity contribution in [3.63, 3.8) is 0 Å². The Bertz CT molecular complexity index is 292. The third-order valence-electron chi connectivity index (χ3n) is 2.79. The molecule has 0 radical (unpaired) electrons. The number of hydrogen-bond donors (Lipinski definition) is 2. The van der Waals surface area contributed by atoms with Crippen LogP contribution >= 0.6 is 11.3 Å². The van der Waals surface area contributed by atoms with Crippen molar-refractivity contribution in [2.24, 2.45) is 0 Å². The van der Waals surface area contributed by atoms with Crippen LogP contribution in [0.25, 0.3) is 0 Å². The van der Waals surface area contributed by atoms with E-state index in [1.165, 1.54) is 23.7 Å². The zero-order chi connectivity index (χ0) is 10.5. The molecule has 0 atom stereocenters. The van der Waals surface area contributed by atoms with E-state index in [1.54, 1.807) is 11.3 Å². The van der Waals surface area contributed by atoms with Gasteiger partial charge in [-0.2, -0.15) is 0 Å². The van der Waals surface area contributed by atoms with E-state index < -0.39 is 0 Å². The summed E-state index contributed by atoms with van der Waals surface area (Å²) in [5.74, 6) is 0. The first-order valence-electron chi connectivity index (χ1n) is 5.57. The Morgan fingerprint density at radius 3 is 2.93 bits per heavy atom. The lowest BCUT2D eigenvalue weighted by atomic mass is 10.3. The summed E-state index contributed by atoms with van der Waals surface area (Å²) in [7, 11) is 0. The number of rotatable bonds is 4. The number of hydrogen-bond acceptors (Lipinski definition) is 4. The summed E-state index contributed by atoms with van der Waals surface area (Å²) in [5.41, 5.74) is 1.36. The number of thiophene rings is 1. The van der Waals surface area contributed by atoms with Crippen molar-refractivity contribution in [2.75, 3.05) is 44.6 Å². The Morgan fingerprint density at radius 1 is 1.47 bits per heavy atom. The molecule has 1 aliphatic rings. The maximum absolute atomic E-state index is 3.50. The lowest BCUT2D eigenvalue weighted by molar-refractivity contribution is 0.249. The van der Waals surface area contributed by atoms with Crippen LogP contribution in [0.4, 0.5) is 5.00 Å². The normalized spacial score (nSPS) is 17.9. The number of nitrogens with zero attached hydrogens (tertiary/aromatic N) is 1. The molecule has 0 spiro atoms. The molecule has 0 amide bonds. The standard InChI is InChI=1S/C11H19N3S/c1-10-2-9-15-11(10)13-5-8-14-6-3-12-4-7-14/h2,9,12-13H,3-8H2,1H3. The van der Waals surface area contributed by atoms with Crippen molar-refractivity contribution in [1.29, 1.82) is 0 Å². The van der Waals surface area contributed by atoms with E-state index in [0.717, 1.165) is 26.2 Å². The predicted octanol–water partition coefficient (Wildman–Crippen LogP) is 1.37. The summed E-state index contributed by atoms with van der Waals surface area (Å²) in [6.45, 7) is 9.01. The summed E-state index contributed by atoms with van der Waals surface area (Å²) >= 11 is 1.79. The molecule has 2 N–H and O–H groups in total. The minimum absolute atomic E-state index is 1.06. The molecule has 2 rings (SSSR count). The van der Waals surface area contributed by atoms with Gasteiger partial charge in [-0.15, -0.1) is 11.3 Å². The predicted molar refractivity (Wildman–Crippen MR) is 66.9 cm³/mol. The molecule has 1 aliphatic heterocycles. The topological polar surface area (TPSA) is 27.3 Å². The number of anilines is 1. The minimum Gasteiger partial charge on any atom is -0.375 e. The highest BCUT2D eigenvalue weighted by molar-refractivity contribution is 7.14. The van der Waals surface area contributed by atoms with Gasteiger partial charge in [-0.25, -0.2) is 0 Å². The maximum Gasteiger partial charge on any atom is 0.0912 e. The SMILES string of the molecule is Cc1ccsc1NCCN1CCNCC1. The van der Waals surface area contributed by atoms with Gasteiger partial charge in [0, 0.05) is 39.3 Å². The summed E-state index contributed by atoms with van der Waals surface area (Å²) < 4.78 is 0. The van der Waals surface area contributed by atoms with Gasteiger partial charge in [-0.05, 0) is 23.9 Å². The van der Waals surface area contributed by atoms with E-state index in [-0.39, 0.29) is 0 Å². The molecule has 3 nitrogen and oxygen atoms in total. The second kappa shape index (κ2) is 5.49. The van der Waals surface area contributed by atoms with Gasteiger partial charge in [0.15, 0.2) is 0 Å². The van der Waals surface area contributed by atoms with Crippen LogP contribution in [0.5, 0.6) is 0 Å². The highest BCUT2D eigenvalue weighted by atomic mass is 32.1. The quantitative estimate of drug-likeness (QED) is 0.810. The van der Waals surface area contributed by atoms with E-state index in [2.05, 4.69) is 33.9 Å². The van der Waals surface area contributed by atoms with Gasteiger partial charge in [0.05, 0.1) is 5.00 Å². The molecule has 4 heteroatoms. The molecule has 1 saturated heterocycles. The van der Waals surface area contributed by atoms with E-state index in [4.69, 9.17) is 0 Å². The number of nitrogens with one attached hydrogen (secondary N) is 2. The monoisotopic (exact) mass is 225 g/mol. The van der Waals surface area contributed by atoms with E-state index in [0.29, 0.717) is 0 Å². The highest BCUT2D eigenvalue weighted by Crippen LogP contribution is 2.21. The van der Waals surface area contributed by atoms with Crippen LogP contribution in [0.1, 0.15) is 5.56 Å². The molecule has 1 fully saturated rings. The van der Waals surface area contributed by atoms with E-state index >= 15 is 0 Å². The minimum atomic E-state index is 1.06. The first-order valence-corrected chi connectivity index (χ1v) is 6.45. The van der Waals surface area contributed by atoms with E-state index in [1.807, 2.05) is 0 Å². The smallest absolute Gasteiger partial charge is 0.0912 e. The fourth-order valence-corrected chi connectivity index (χ4v) is 2.66. The fraction of sp³-hybridized carbons (Fsp3) is 0.636. The highest BCUT2D eigenvalue weighted by Gasteiger charge is 2.08. The van der Waals surface area contributed by atoms with Crippen LogP contribution in [0.15, 0.2) is 11.4 Å². The molecule has 84 valence electrons. The van der Waals surface area contributed by atoms with Crippen molar-refractivity contribution in [2.45, 2.75) is 6.92 Å². The van der Waals surface area contributed by atoms with Crippen molar-refractivity contribution in [1.82, 2.24) is 10.2 Å². The van der Waals surface area contributed by atoms with Gasteiger partial charge in [-0.1, -0.05) is 0 Å². The van der Waals surface area contributed by atoms with Crippen LogP contribution in [0, 0.1) is 6.92 Å². The lowest BCUT2D eigenvalue weighted by Gasteiger charge is -2.27. The Morgan fingerprint density at radius 2 is 2.27 bits per heavy atom. The molecular weight excluding hydrogens is 206 g/mol. The zero-order valence-corrected chi connectivity index (χ0v) is 10.1. The Kier molecular flexibility index (Phi) is 4.00. The van der Waals surface area contributed by atoms with Gasteiger partial charge in [0.1, 0.15) is 0 Å². The van der Waals surface area contributed by atoms with Crippen molar-refractivity contribution >= 4 is 16.3 Å². The second-order valence-corrected chi connectivity index (χ2v) is 4.87. The third kappa shape index (κ3) is 3.19. The van der Waals surface area contributed by atoms with Gasteiger partial charge in [-0.3, -0.25) is 4.90 Å². The fourth-order valence-electron chi connectivity index (χ4n) is 1.82. The van der Waals surface area contributed by atoms with Gasteiger partial charge < -0.3 is 10.6 Å². The average molecular weight is 225 g/mol. The molecule has 0 saturated carbocycles. The maximum atomic E-state index is 3.50. The van der Waals surface area contributed by atoms with Crippen LogP contribution in [-0.4, -0.2) is 44.2 Å². The van der Waals surface area contributed by atoms with Crippen molar-refractivity contribution in [3.05, 3.63) is 17.0 Å².